The summed E-state index contributed by atoms with van der Waals surface area (Å²) in [6, 6.07) is 1.21. The van der Waals surface area contributed by atoms with Crippen LogP contribution in [0.4, 0.5) is 0 Å². The summed E-state index contributed by atoms with van der Waals surface area (Å²) in [6.07, 6.45) is 3.62. The van der Waals surface area contributed by atoms with Gasteiger partial charge in [0.25, 0.3) is 0 Å². The highest BCUT2D eigenvalue weighted by atomic mass is 32.2. The topological polar surface area (TPSA) is 82.3 Å². The van der Waals surface area contributed by atoms with Gasteiger partial charge in [-0.15, -0.1) is 0 Å². The van der Waals surface area contributed by atoms with Gasteiger partial charge in [-0.1, -0.05) is 6.92 Å². The fourth-order valence-corrected chi connectivity index (χ4v) is 3.45. The van der Waals surface area contributed by atoms with E-state index in [0.717, 1.165) is 26.1 Å². The van der Waals surface area contributed by atoms with Crippen molar-refractivity contribution in [1.29, 1.82) is 0 Å². The number of hydrogen-bond donors (Lipinski definition) is 2. The van der Waals surface area contributed by atoms with E-state index in [9.17, 15) is 13.2 Å². The molecule has 1 atom stereocenters. The summed E-state index contributed by atoms with van der Waals surface area (Å²) in [6.45, 7) is 5.38. The van der Waals surface area contributed by atoms with Gasteiger partial charge in [-0.25, -0.2) is 13.1 Å². The number of nitrogens with one attached hydrogen (secondary N) is 2. The van der Waals surface area contributed by atoms with Crippen LogP contribution >= 0.6 is 0 Å². The average Bonchev–Trinajstić information content (AvgIpc) is 2.85. The van der Waals surface area contributed by atoms with E-state index in [1.165, 1.54) is 18.5 Å². The molecule has 0 aliphatic carbocycles. The van der Waals surface area contributed by atoms with Crippen LogP contribution in [-0.2, 0) is 10.0 Å². The van der Waals surface area contributed by atoms with E-state index < -0.39 is 15.5 Å². The molecule has 1 aliphatic rings. The molecule has 2 heterocycles. The van der Waals surface area contributed by atoms with Crippen molar-refractivity contribution in [3.8, 4) is 0 Å². The third-order valence-electron chi connectivity index (χ3n) is 3.46. The first-order valence-corrected chi connectivity index (χ1v) is 7.90. The van der Waals surface area contributed by atoms with Crippen molar-refractivity contribution in [1.82, 2.24) is 14.6 Å². The Morgan fingerprint density at radius 2 is 2.32 bits per heavy atom. The number of pyridine rings is 1. The smallest absolute Gasteiger partial charge is 0.245 e. The van der Waals surface area contributed by atoms with Gasteiger partial charge >= 0.3 is 0 Å². The van der Waals surface area contributed by atoms with Crippen LogP contribution in [0, 0.1) is 5.92 Å². The van der Waals surface area contributed by atoms with Gasteiger partial charge in [-0.05, 0) is 25.4 Å². The third kappa shape index (κ3) is 3.43. The van der Waals surface area contributed by atoms with Crippen LogP contribution in [0.15, 0.2) is 28.2 Å². The Morgan fingerprint density at radius 1 is 1.53 bits per heavy atom. The molecule has 2 N–H and O–H groups in total. The van der Waals surface area contributed by atoms with Crippen molar-refractivity contribution < 1.29 is 8.42 Å². The molecule has 1 saturated heterocycles. The Kier molecular flexibility index (Phi) is 4.38. The zero-order valence-electron chi connectivity index (χ0n) is 10.9. The summed E-state index contributed by atoms with van der Waals surface area (Å²) in [5.41, 5.74) is -0.493. The number of nitrogens with zero attached hydrogens (tertiary/aromatic N) is 1. The molecule has 0 saturated carbocycles. The van der Waals surface area contributed by atoms with Crippen LogP contribution in [-0.4, -0.2) is 44.5 Å². The molecule has 106 valence electrons. The first kappa shape index (κ1) is 14.2. The number of aromatic nitrogens is 1. The van der Waals surface area contributed by atoms with E-state index in [-0.39, 0.29) is 4.90 Å². The van der Waals surface area contributed by atoms with Crippen LogP contribution in [0.2, 0.25) is 0 Å². The zero-order chi connectivity index (χ0) is 13.9. The second kappa shape index (κ2) is 5.85. The highest BCUT2D eigenvalue weighted by Crippen LogP contribution is 2.15. The highest BCUT2D eigenvalue weighted by molar-refractivity contribution is 7.89. The number of rotatable bonds is 5. The second-order valence-corrected chi connectivity index (χ2v) is 6.51. The molecule has 1 aromatic rings. The summed E-state index contributed by atoms with van der Waals surface area (Å²) in [5, 5.41) is 0. The molecule has 7 heteroatoms. The van der Waals surface area contributed by atoms with Crippen LogP contribution < -0.4 is 10.2 Å². The molecule has 0 spiro atoms. The van der Waals surface area contributed by atoms with Gasteiger partial charge in [-0.3, -0.25) is 4.79 Å². The fraction of sp³-hybridized carbons (Fsp3) is 0.583. The van der Waals surface area contributed by atoms with Gasteiger partial charge in [0, 0.05) is 31.5 Å². The van der Waals surface area contributed by atoms with Crippen LogP contribution in [0.25, 0.3) is 0 Å². The maximum atomic E-state index is 12.0. The minimum atomic E-state index is -3.71. The molecule has 1 aliphatic heterocycles. The third-order valence-corrected chi connectivity index (χ3v) is 4.90. The molecule has 1 aromatic heterocycles. The van der Waals surface area contributed by atoms with Crippen molar-refractivity contribution >= 4 is 10.0 Å². The SMILES string of the molecule is CCN1CCC(CNS(=O)(=O)c2c[nH]ccc2=O)C1. The zero-order valence-corrected chi connectivity index (χ0v) is 11.7. The molecular formula is C12H19N3O3S. The van der Waals surface area contributed by atoms with Gasteiger partial charge in [0.15, 0.2) is 0 Å². The number of sulfonamides is 1. The van der Waals surface area contributed by atoms with Crippen molar-refractivity contribution in [3.63, 3.8) is 0 Å². The quantitative estimate of drug-likeness (QED) is 0.797. The molecule has 6 nitrogen and oxygen atoms in total. The molecule has 0 amide bonds. The molecule has 1 unspecified atom stereocenters. The van der Waals surface area contributed by atoms with Gasteiger partial charge in [0.1, 0.15) is 4.90 Å². The monoisotopic (exact) mass is 285 g/mol. The number of hydrogen-bond acceptors (Lipinski definition) is 4. The molecule has 0 radical (unpaired) electrons. The maximum Gasteiger partial charge on any atom is 0.245 e. The van der Waals surface area contributed by atoms with Gasteiger partial charge in [-0.2, -0.15) is 0 Å². The van der Waals surface area contributed by atoms with E-state index >= 15 is 0 Å². The van der Waals surface area contributed by atoms with Gasteiger partial charge < -0.3 is 9.88 Å². The highest BCUT2D eigenvalue weighted by Gasteiger charge is 2.24. The standard InChI is InChI=1S/C12H19N3O3S/c1-2-15-6-4-10(9-15)7-14-19(17,18)12-8-13-5-3-11(12)16/h3,5,8,10,14H,2,4,6-7,9H2,1H3,(H,13,16). The second-order valence-electron chi connectivity index (χ2n) is 4.77. The van der Waals surface area contributed by atoms with Crippen LogP contribution in [0.1, 0.15) is 13.3 Å². The lowest BCUT2D eigenvalue weighted by atomic mass is 10.1. The van der Waals surface area contributed by atoms with Crippen molar-refractivity contribution in [3.05, 3.63) is 28.7 Å². The minimum Gasteiger partial charge on any atom is -0.366 e. The first-order valence-electron chi connectivity index (χ1n) is 6.42. The number of likely N-dealkylation sites (tertiary alicyclic amines) is 1. The normalized spacial score (nSPS) is 20.8. The predicted molar refractivity (Wildman–Crippen MR) is 72.5 cm³/mol. The first-order chi connectivity index (χ1) is 9.03. The van der Waals surface area contributed by atoms with Crippen molar-refractivity contribution in [2.24, 2.45) is 5.92 Å². The Hall–Kier alpha value is -1.18. The summed E-state index contributed by atoms with van der Waals surface area (Å²) >= 11 is 0. The molecule has 19 heavy (non-hydrogen) atoms. The molecule has 2 rings (SSSR count). The summed E-state index contributed by atoms with van der Waals surface area (Å²) in [5.74, 6) is 0.317. The lowest BCUT2D eigenvalue weighted by molar-refractivity contribution is 0.342. The summed E-state index contributed by atoms with van der Waals surface area (Å²) < 4.78 is 26.6. The Bertz CT molecular complexity index is 582. The average molecular weight is 285 g/mol. The number of aromatic amines is 1. The van der Waals surface area contributed by atoms with E-state index in [2.05, 4.69) is 21.5 Å². The van der Waals surface area contributed by atoms with Crippen LogP contribution in [0.3, 0.4) is 0 Å². The molecular weight excluding hydrogens is 266 g/mol. The Labute approximate surface area is 112 Å². The van der Waals surface area contributed by atoms with Crippen LogP contribution in [0.5, 0.6) is 0 Å². The Morgan fingerprint density at radius 3 is 2.95 bits per heavy atom. The summed E-state index contributed by atoms with van der Waals surface area (Å²) in [4.78, 5) is 16.2. The van der Waals surface area contributed by atoms with E-state index in [4.69, 9.17) is 0 Å². The fourth-order valence-electron chi connectivity index (χ4n) is 2.28. The minimum absolute atomic E-state index is 0.222. The van der Waals surface area contributed by atoms with E-state index in [1.54, 1.807) is 0 Å². The molecule has 0 aromatic carbocycles. The van der Waals surface area contributed by atoms with Crippen molar-refractivity contribution in [2.75, 3.05) is 26.2 Å². The maximum absolute atomic E-state index is 12.0. The molecule has 0 bridgehead atoms. The van der Waals surface area contributed by atoms with Gasteiger partial charge in [0.2, 0.25) is 15.5 Å². The van der Waals surface area contributed by atoms with E-state index in [1.807, 2.05) is 0 Å². The Balaban J connectivity index is 2.00. The number of H-pyrrole nitrogens is 1. The lowest BCUT2D eigenvalue weighted by Gasteiger charge is -2.13. The molecule has 1 fully saturated rings. The van der Waals surface area contributed by atoms with Crippen molar-refractivity contribution in [2.45, 2.75) is 18.2 Å². The summed E-state index contributed by atoms with van der Waals surface area (Å²) in [7, 11) is -3.71. The van der Waals surface area contributed by atoms with E-state index in [0.29, 0.717) is 12.5 Å². The lowest BCUT2D eigenvalue weighted by Crippen LogP contribution is -2.33. The predicted octanol–water partition coefficient (Wildman–Crippen LogP) is -0.00500. The van der Waals surface area contributed by atoms with Gasteiger partial charge in [0.05, 0.1) is 0 Å². The largest absolute Gasteiger partial charge is 0.366 e.